The minimum atomic E-state index is -0.233. The van der Waals surface area contributed by atoms with Gasteiger partial charge in [-0.1, -0.05) is 0 Å². The van der Waals surface area contributed by atoms with Crippen LogP contribution in [0.5, 0.6) is 0 Å². The van der Waals surface area contributed by atoms with Crippen molar-refractivity contribution in [1.82, 2.24) is 9.97 Å². The predicted molar refractivity (Wildman–Crippen MR) is 71.5 cm³/mol. The first-order chi connectivity index (χ1) is 8.06. The molecule has 1 amide bonds. The molecule has 6 heteroatoms. The van der Waals surface area contributed by atoms with Crippen LogP contribution in [0.4, 0.5) is 5.82 Å². The largest absolute Gasteiger partial charge is 0.305 e. The molecule has 2 rings (SSSR count). The second-order valence-corrected chi connectivity index (χ2v) is 5.39. The van der Waals surface area contributed by atoms with E-state index in [1.807, 2.05) is 19.9 Å². The molecule has 0 saturated carbocycles. The van der Waals surface area contributed by atoms with Gasteiger partial charge in [-0.2, -0.15) is 0 Å². The van der Waals surface area contributed by atoms with E-state index in [4.69, 9.17) is 0 Å². The molecule has 0 radical (unpaired) electrons. The number of halogens is 1. The van der Waals surface area contributed by atoms with Crippen molar-refractivity contribution in [1.29, 1.82) is 0 Å². The van der Waals surface area contributed by atoms with Gasteiger partial charge in [-0.25, -0.2) is 9.97 Å². The Labute approximate surface area is 111 Å². The molecule has 0 saturated heterocycles. The zero-order valence-corrected chi connectivity index (χ0v) is 11.7. The molecule has 1 N–H and O–H groups in total. The summed E-state index contributed by atoms with van der Waals surface area (Å²) in [5.41, 5.74) is 1.26. The van der Waals surface area contributed by atoms with Crippen LogP contribution >= 0.6 is 27.3 Å². The van der Waals surface area contributed by atoms with Crippen LogP contribution in [0.1, 0.15) is 21.2 Å². The zero-order valence-electron chi connectivity index (χ0n) is 9.32. The molecular formula is C11H10BrN3OS. The molecule has 0 aliphatic rings. The fraction of sp³-hybridized carbons (Fsp3) is 0.182. The number of rotatable bonds is 2. The molecule has 0 spiro atoms. The monoisotopic (exact) mass is 311 g/mol. The van der Waals surface area contributed by atoms with Crippen LogP contribution in [0.2, 0.25) is 0 Å². The van der Waals surface area contributed by atoms with E-state index in [9.17, 15) is 4.79 Å². The van der Waals surface area contributed by atoms with Crippen molar-refractivity contribution in [3.63, 3.8) is 0 Å². The van der Waals surface area contributed by atoms with E-state index >= 15 is 0 Å². The Morgan fingerprint density at radius 1 is 1.35 bits per heavy atom. The maximum atomic E-state index is 11.8. The van der Waals surface area contributed by atoms with Gasteiger partial charge in [-0.3, -0.25) is 4.79 Å². The fourth-order valence-corrected chi connectivity index (χ4v) is 2.08. The second kappa shape index (κ2) is 4.93. The van der Waals surface area contributed by atoms with Crippen LogP contribution in [0, 0.1) is 13.8 Å². The Hall–Kier alpha value is -1.27. The number of amides is 1. The Morgan fingerprint density at radius 3 is 2.71 bits per heavy atom. The minimum Gasteiger partial charge on any atom is -0.305 e. The summed E-state index contributed by atoms with van der Waals surface area (Å²) in [5, 5.41) is 5.32. The molecule has 0 aliphatic heterocycles. The van der Waals surface area contributed by atoms with E-state index in [1.165, 1.54) is 11.3 Å². The van der Waals surface area contributed by atoms with Crippen molar-refractivity contribution >= 4 is 39.0 Å². The first-order valence-corrected chi connectivity index (χ1v) is 6.60. The smallest absolute Gasteiger partial charge is 0.276 e. The number of aryl methyl sites for hydroxylation is 2. The van der Waals surface area contributed by atoms with E-state index in [-0.39, 0.29) is 5.91 Å². The maximum absolute atomic E-state index is 11.8. The van der Waals surface area contributed by atoms with Gasteiger partial charge in [0.2, 0.25) is 0 Å². The number of hydrogen-bond donors (Lipinski definition) is 1. The molecule has 2 aromatic rings. The van der Waals surface area contributed by atoms with Crippen molar-refractivity contribution < 1.29 is 4.79 Å². The summed E-state index contributed by atoms with van der Waals surface area (Å²) in [6.45, 7) is 3.73. The minimum absolute atomic E-state index is 0.233. The molecule has 0 aromatic carbocycles. The number of nitrogens with one attached hydrogen (secondary N) is 1. The summed E-state index contributed by atoms with van der Waals surface area (Å²) in [6.07, 6.45) is 0. The molecule has 2 aromatic heterocycles. The van der Waals surface area contributed by atoms with Gasteiger partial charge < -0.3 is 5.32 Å². The highest BCUT2D eigenvalue weighted by molar-refractivity contribution is 9.10. The summed E-state index contributed by atoms with van der Waals surface area (Å²) in [5.74, 6) is 0.296. The third-order valence-corrected chi connectivity index (χ3v) is 3.73. The molecule has 0 bridgehead atoms. The first-order valence-electron chi connectivity index (χ1n) is 4.93. The van der Waals surface area contributed by atoms with Crippen molar-refractivity contribution in [2.75, 3.05) is 5.32 Å². The lowest BCUT2D eigenvalue weighted by atomic mass is 10.3. The molecule has 2 heterocycles. The summed E-state index contributed by atoms with van der Waals surface area (Å²) in [7, 11) is 0. The molecule has 0 unspecified atom stereocenters. The highest BCUT2D eigenvalue weighted by Gasteiger charge is 2.10. The number of carbonyl (C=O) groups is 1. The molecule has 0 aliphatic carbocycles. The van der Waals surface area contributed by atoms with Crippen LogP contribution < -0.4 is 5.32 Å². The molecule has 0 atom stereocenters. The Kier molecular flexibility index (Phi) is 3.54. The van der Waals surface area contributed by atoms with E-state index in [2.05, 4.69) is 31.2 Å². The summed E-state index contributed by atoms with van der Waals surface area (Å²) < 4.78 is 0.917. The van der Waals surface area contributed by atoms with Crippen LogP contribution in [0.15, 0.2) is 22.0 Å². The third-order valence-electron chi connectivity index (χ3n) is 2.11. The standard InChI is InChI=1S/C11H10BrN3OS/c1-6-8(12)3-4-10(13-6)15-11(16)9-5-17-7(2)14-9/h3-5H,1-2H3,(H,13,15,16). The third kappa shape index (κ3) is 2.89. The van der Waals surface area contributed by atoms with Crippen LogP contribution in [-0.4, -0.2) is 15.9 Å². The van der Waals surface area contributed by atoms with Crippen molar-refractivity contribution in [2.24, 2.45) is 0 Å². The van der Waals surface area contributed by atoms with Crippen molar-refractivity contribution in [2.45, 2.75) is 13.8 Å². The van der Waals surface area contributed by atoms with E-state index in [1.54, 1.807) is 11.4 Å². The number of carbonyl (C=O) groups excluding carboxylic acids is 1. The van der Waals surface area contributed by atoms with Gasteiger partial charge >= 0.3 is 0 Å². The molecule has 0 fully saturated rings. The van der Waals surface area contributed by atoms with Crippen LogP contribution in [-0.2, 0) is 0 Å². The number of thiazole rings is 1. The Balaban J connectivity index is 2.15. The van der Waals surface area contributed by atoms with Gasteiger partial charge in [0.15, 0.2) is 0 Å². The summed E-state index contributed by atoms with van der Waals surface area (Å²) in [4.78, 5) is 20.2. The molecule has 17 heavy (non-hydrogen) atoms. The van der Waals surface area contributed by atoms with Gasteiger partial charge in [-0.15, -0.1) is 11.3 Å². The predicted octanol–water partition coefficient (Wildman–Crippen LogP) is 3.17. The van der Waals surface area contributed by atoms with Gasteiger partial charge in [0, 0.05) is 9.85 Å². The summed E-state index contributed by atoms with van der Waals surface area (Å²) >= 11 is 4.81. The average molecular weight is 312 g/mol. The topological polar surface area (TPSA) is 54.9 Å². The molecular weight excluding hydrogens is 302 g/mol. The van der Waals surface area contributed by atoms with Crippen molar-refractivity contribution in [3.8, 4) is 0 Å². The first kappa shape index (κ1) is 12.2. The van der Waals surface area contributed by atoms with Crippen LogP contribution in [0.25, 0.3) is 0 Å². The van der Waals surface area contributed by atoms with Gasteiger partial charge in [0.05, 0.1) is 10.7 Å². The van der Waals surface area contributed by atoms with Gasteiger partial charge in [-0.05, 0) is 41.9 Å². The summed E-state index contributed by atoms with van der Waals surface area (Å²) in [6, 6.07) is 3.60. The number of aromatic nitrogens is 2. The number of pyridine rings is 1. The van der Waals surface area contributed by atoms with E-state index < -0.39 is 0 Å². The second-order valence-electron chi connectivity index (χ2n) is 3.47. The Morgan fingerprint density at radius 2 is 2.12 bits per heavy atom. The number of nitrogens with zero attached hydrogens (tertiary/aromatic N) is 2. The molecule has 88 valence electrons. The molecule has 4 nitrogen and oxygen atoms in total. The SMILES string of the molecule is Cc1nc(C(=O)Nc2ccc(Br)c(C)n2)cs1. The number of hydrogen-bond acceptors (Lipinski definition) is 4. The lowest BCUT2D eigenvalue weighted by Gasteiger charge is -2.04. The quantitative estimate of drug-likeness (QED) is 0.926. The van der Waals surface area contributed by atoms with Crippen molar-refractivity contribution in [3.05, 3.63) is 38.4 Å². The van der Waals surface area contributed by atoms with Gasteiger partial charge in [0.1, 0.15) is 11.5 Å². The lowest BCUT2D eigenvalue weighted by Crippen LogP contribution is -2.13. The average Bonchev–Trinajstić information content (AvgIpc) is 2.70. The fourth-order valence-electron chi connectivity index (χ4n) is 1.26. The van der Waals surface area contributed by atoms with Crippen LogP contribution in [0.3, 0.4) is 0 Å². The normalized spacial score (nSPS) is 10.3. The van der Waals surface area contributed by atoms with E-state index in [0.717, 1.165) is 15.2 Å². The zero-order chi connectivity index (χ0) is 12.4. The van der Waals surface area contributed by atoms with E-state index in [0.29, 0.717) is 11.5 Å². The lowest BCUT2D eigenvalue weighted by molar-refractivity contribution is 0.102. The highest BCUT2D eigenvalue weighted by atomic mass is 79.9. The highest BCUT2D eigenvalue weighted by Crippen LogP contribution is 2.17. The maximum Gasteiger partial charge on any atom is 0.276 e. The Bertz CT molecular complexity index is 568. The van der Waals surface area contributed by atoms with Gasteiger partial charge in [0.25, 0.3) is 5.91 Å². The number of anilines is 1.